The van der Waals surface area contributed by atoms with Gasteiger partial charge in [-0.15, -0.1) is 0 Å². The fraction of sp³-hybridized carbons (Fsp3) is 1.00. The average Bonchev–Trinajstić information content (AvgIpc) is 2.26. The summed E-state index contributed by atoms with van der Waals surface area (Å²) in [5, 5.41) is 3.30. The molecule has 0 bridgehead atoms. The van der Waals surface area contributed by atoms with E-state index in [1.807, 2.05) is 0 Å². The van der Waals surface area contributed by atoms with Gasteiger partial charge < -0.3 is 10.2 Å². The number of piperidine rings is 1. The summed E-state index contributed by atoms with van der Waals surface area (Å²) in [7, 11) is 2.05. The second-order valence-corrected chi connectivity index (χ2v) is 5.07. The molecule has 2 atom stereocenters. The number of nitrogens with one attached hydrogen (secondary N) is 1. The van der Waals surface area contributed by atoms with Crippen molar-refractivity contribution in [2.24, 2.45) is 0 Å². The highest BCUT2D eigenvalue weighted by Crippen LogP contribution is 2.17. The summed E-state index contributed by atoms with van der Waals surface area (Å²) in [5.74, 6) is 0. The zero-order chi connectivity index (χ0) is 11.1. The molecule has 15 heavy (non-hydrogen) atoms. The van der Waals surface area contributed by atoms with Crippen LogP contribution in [0.2, 0.25) is 0 Å². The van der Waals surface area contributed by atoms with Gasteiger partial charge in [-0.05, 0) is 59.7 Å². The van der Waals surface area contributed by atoms with Crippen LogP contribution < -0.4 is 5.32 Å². The predicted molar refractivity (Wildman–Crippen MR) is 67.3 cm³/mol. The van der Waals surface area contributed by atoms with Crippen LogP contribution in [0.1, 0.15) is 52.4 Å². The smallest absolute Gasteiger partial charge is 0.00669 e. The van der Waals surface area contributed by atoms with E-state index in [1.165, 1.54) is 51.6 Å². The molecule has 0 aromatic heterocycles. The fourth-order valence-corrected chi connectivity index (χ4v) is 2.40. The Bertz CT molecular complexity index is 159. The lowest BCUT2D eigenvalue weighted by Gasteiger charge is -2.33. The number of hydrogen-bond donors (Lipinski definition) is 1. The molecule has 0 aromatic carbocycles. The molecule has 90 valence electrons. The lowest BCUT2D eigenvalue weighted by Crippen LogP contribution is -2.38. The van der Waals surface area contributed by atoms with Crippen molar-refractivity contribution >= 4 is 0 Å². The third kappa shape index (κ3) is 4.98. The molecule has 2 unspecified atom stereocenters. The molecule has 1 aliphatic rings. The first-order valence-electron chi connectivity index (χ1n) is 6.65. The highest BCUT2D eigenvalue weighted by Gasteiger charge is 2.16. The third-order valence-corrected chi connectivity index (χ3v) is 3.77. The summed E-state index contributed by atoms with van der Waals surface area (Å²) in [6, 6.07) is 1.52. The molecule has 1 N–H and O–H groups in total. The van der Waals surface area contributed by atoms with Gasteiger partial charge in [-0.25, -0.2) is 0 Å². The first kappa shape index (κ1) is 13.0. The van der Waals surface area contributed by atoms with Gasteiger partial charge in [-0.3, -0.25) is 0 Å². The lowest BCUT2D eigenvalue weighted by molar-refractivity contribution is 0.157. The summed E-state index contributed by atoms with van der Waals surface area (Å²) in [6.07, 6.45) is 8.32. The highest BCUT2D eigenvalue weighted by atomic mass is 15.1. The summed E-state index contributed by atoms with van der Waals surface area (Å²) in [5.41, 5.74) is 0. The van der Waals surface area contributed by atoms with Crippen LogP contribution in [0.3, 0.4) is 0 Å². The first-order valence-corrected chi connectivity index (χ1v) is 6.65. The van der Waals surface area contributed by atoms with Gasteiger partial charge in [0, 0.05) is 12.1 Å². The Kier molecular flexibility index (Phi) is 6.26. The van der Waals surface area contributed by atoms with Crippen LogP contribution in [-0.4, -0.2) is 37.1 Å². The molecule has 0 spiro atoms. The number of rotatable bonds is 6. The van der Waals surface area contributed by atoms with Crippen molar-refractivity contribution < 1.29 is 0 Å². The van der Waals surface area contributed by atoms with Crippen LogP contribution in [0.15, 0.2) is 0 Å². The van der Waals surface area contributed by atoms with Crippen molar-refractivity contribution in [1.29, 1.82) is 0 Å². The summed E-state index contributed by atoms with van der Waals surface area (Å²) in [6.45, 7) is 7.30. The highest BCUT2D eigenvalue weighted by molar-refractivity contribution is 4.72. The summed E-state index contributed by atoms with van der Waals surface area (Å²) >= 11 is 0. The predicted octanol–water partition coefficient (Wildman–Crippen LogP) is 2.64. The molecule has 0 radical (unpaired) electrons. The van der Waals surface area contributed by atoms with Crippen molar-refractivity contribution in [2.75, 3.05) is 20.1 Å². The monoisotopic (exact) mass is 212 g/mol. The zero-order valence-corrected chi connectivity index (χ0v) is 10.8. The van der Waals surface area contributed by atoms with Gasteiger partial charge in [0.2, 0.25) is 0 Å². The molecule has 0 aliphatic carbocycles. The van der Waals surface area contributed by atoms with Gasteiger partial charge in [0.05, 0.1) is 0 Å². The van der Waals surface area contributed by atoms with Crippen LogP contribution in [0.4, 0.5) is 0 Å². The largest absolute Gasteiger partial charge is 0.317 e. The molecule has 0 saturated carbocycles. The van der Waals surface area contributed by atoms with E-state index < -0.39 is 0 Å². The maximum Gasteiger partial charge on any atom is 0.00669 e. The van der Waals surface area contributed by atoms with Gasteiger partial charge in [-0.2, -0.15) is 0 Å². The fourth-order valence-electron chi connectivity index (χ4n) is 2.40. The van der Waals surface area contributed by atoms with Gasteiger partial charge in [0.25, 0.3) is 0 Å². The maximum atomic E-state index is 3.30. The molecule has 0 aromatic rings. The van der Waals surface area contributed by atoms with Crippen LogP contribution in [0, 0.1) is 0 Å². The quantitative estimate of drug-likeness (QED) is 0.681. The summed E-state index contributed by atoms with van der Waals surface area (Å²) in [4.78, 5) is 2.67. The topological polar surface area (TPSA) is 15.3 Å². The van der Waals surface area contributed by atoms with Gasteiger partial charge >= 0.3 is 0 Å². The van der Waals surface area contributed by atoms with Gasteiger partial charge in [-0.1, -0.05) is 12.8 Å². The van der Waals surface area contributed by atoms with Crippen molar-refractivity contribution in [3.05, 3.63) is 0 Å². The van der Waals surface area contributed by atoms with E-state index in [9.17, 15) is 0 Å². The second-order valence-electron chi connectivity index (χ2n) is 5.07. The number of nitrogens with zero attached hydrogens (tertiary/aromatic N) is 1. The molecule has 1 fully saturated rings. The Morgan fingerprint density at radius 1 is 1.33 bits per heavy atom. The standard InChI is InChI=1S/C13H28N2/c1-12(14-3)8-4-6-10-15-11-7-5-9-13(15)2/h12-14H,4-11H2,1-3H3. The minimum Gasteiger partial charge on any atom is -0.317 e. The van der Waals surface area contributed by atoms with Crippen LogP contribution in [0.25, 0.3) is 0 Å². The van der Waals surface area contributed by atoms with E-state index in [1.54, 1.807) is 0 Å². The molecule has 1 saturated heterocycles. The Morgan fingerprint density at radius 3 is 2.80 bits per heavy atom. The Balaban J connectivity index is 2.03. The molecule has 1 rings (SSSR count). The van der Waals surface area contributed by atoms with E-state index in [2.05, 4.69) is 31.1 Å². The normalized spacial score (nSPS) is 25.4. The molecule has 1 aliphatic heterocycles. The van der Waals surface area contributed by atoms with E-state index in [0.29, 0.717) is 6.04 Å². The van der Waals surface area contributed by atoms with Crippen molar-refractivity contribution in [3.63, 3.8) is 0 Å². The number of unbranched alkanes of at least 4 members (excludes halogenated alkanes) is 1. The van der Waals surface area contributed by atoms with Gasteiger partial charge in [0.1, 0.15) is 0 Å². The Morgan fingerprint density at radius 2 is 2.13 bits per heavy atom. The second kappa shape index (κ2) is 7.24. The van der Waals surface area contributed by atoms with Crippen molar-refractivity contribution in [2.45, 2.75) is 64.5 Å². The third-order valence-electron chi connectivity index (χ3n) is 3.77. The van der Waals surface area contributed by atoms with Crippen molar-refractivity contribution in [1.82, 2.24) is 10.2 Å². The lowest BCUT2D eigenvalue weighted by atomic mass is 10.0. The number of hydrogen-bond acceptors (Lipinski definition) is 2. The molecular weight excluding hydrogens is 184 g/mol. The molecule has 1 heterocycles. The average molecular weight is 212 g/mol. The molecule has 0 amide bonds. The van der Waals surface area contributed by atoms with E-state index in [-0.39, 0.29) is 0 Å². The number of likely N-dealkylation sites (tertiary alicyclic amines) is 1. The molecule has 2 nitrogen and oxygen atoms in total. The Hall–Kier alpha value is -0.0800. The van der Waals surface area contributed by atoms with E-state index in [0.717, 1.165) is 6.04 Å². The maximum absolute atomic E-state index is 3.30. The SMILES string of the molecule is CNC(C)CCCCN1CCCCC1C. The van der Waals surface area contributed by atoms with Crippen LogP contribution in [-0.2, 0) is 0 Å². The minimum absolute atomic E-state index is 0.684. The molecule has 2 heteroatoms. The van der Waals surface area contributed by atoms with Crippen LogP contribution >= 0.6 is 0 Å². The first-order chi connectivity index (χ1) is 7.24. The van der Waals surface area contributed by atoms with Crippen molar-refractivity contribution in [3.8, 4) is 0 Å². The summed E-state index contributed by atoms with van der Waals surface area (Å²) < 4.78 is 0. The van der Waals surface area contributed by atoms with E-state index in [4.69, 9.17) is 0 Å². The van der Waals surface area contributed by atoms with E-state index >= 15 is 0 Å². The van der Waals surface area contributed by atoms with Gasteiger partial charge in [0.15, 0.2) is 0 Å². The minimum atomic E-state index is 0.684. The molecular formula is C13H28N2. The Labute approximate surface area is 95.4 Å². The zero-order valence-electron chi connectivity index (χ0n) is 10.8. The van der Waals surface area contributed by atoms with Crippen LogP contribution in [0.5, 0.6) is 0 Å².